The summed E-state index contributed by atoms with van der Waals surface area (Å²) in [4.78, 5) is 19.3. The van der Waals surface area contributed by atoms with Crippen molar-refractivity contribution in [2.45, 2.75) is 11.4 Å². The SMILES string of the molecule is COc1ccccc1CNS(=O)(=O)c1ccc([N+](=O)[O-])cc1[N+](=O)[O-]. The fourth-order valence-corrected chi connectivity index (χ4v) is 3.25. The van der Waals surface area contributed by atoms with Crippen LogP contribution in [0, 0.1) is 20.2 Å². The molecule has 10 nitrogen and oxygen atoms in total. The molecule has 0 heterocycles. The van der Waals surface area contributed by atoms with Gasteiger partial charge in [-0.3, -0.25) is 20.2 Å². The minimum Gasteiger partial charge on any atom is -0.496 e. The molecule has 0 atom stereocenters. The standard InChI is InChI=1S/C14H13N3O7S/c1-24-13-5-3-2-4-10(13)9-15-25(22,23)14-7-6-11(16(18)19)8-12(14)17(20)21/h2-8,15H,9H2,1H3. The van der Waals surface area contributed by atoms with Crippen LogP contribution in [0.2, 0.25) is 0 Å². The third kappa shape index (κ3) is 4.08. The van der Waals surface area contributed by atoms with E-state index in [1.165, 1.54) is 7.11 Å². The number of rotatable bonds is 7. The maximum Gasteiger partial charge on any atom is 0.296 e. The molecule has 0 amide bonds. The predicted molar refractivity (Wildman–Crippen MR) is 86.8 cm³/mol. The van der Waals surface area contributed by atoms with Crippen molar-refractivity contribution in [3.8, 4) is 5.75 Å². The topological polar surface area (TPSA) is 142 Å². The van der Waals surface area contributed by atoms with Crippen LogP contribution in [0.4, 0.5) is 11.4 Å². The molecule has 0 saturated carbocycles. The molecule has 0 aliphatic heterocycles. The zero-order valence-corrected chi connectivity index (χ0v) is 13.7. The molecule has 2 aromatic rings. The van der Waals surface area contributed by atoms with Gasteiger partial charge < -0.3 is 4.74 Å². The monoisotopic (exact) mass is 367 g/mol. The van der Waals surface area contributed by atoms with Gasteiger partial charge in [0.15, 0.2) is 4.90 Å². The molecule has 0 saturated heterocycles. The van der Waals surface area contributed by atoms with E-state index >= 15 is 0 Å². The Hall–Kier alpha value is -3.05. The molecule has 132 valence electrons. The molecule has 0 aliphatic carbocycles. The van der Waals surface area contributed by atoms with Crippen LogP contribution in [0.3, 0.4) is 0 Å². The Morgan fingerprint density at radius 3 is 2.36 bits per heavy atom. The highest BCUT2D eigenvalue weighted by Crippen LogP contribution is 2.28. The van der Waals surface area contributed by atoms with Gasteiger partial charge in [-0.25, -0.2) is 13.1 Å². The summed E-state index contributed by atoms with van der Waals surface area (Å²) in [6.45, 7) is -0.166. The summed E-state index contributed by atoms with van der Waals surface area (Å²) in [5, 5.41) is 21.8. The average Bonchev–Trinajstić information content (AvgIpc) is 2.59. The highest BCUT2D eigenvalue weighted by Gasteiger charge is 2.28. The second-order valence-corrected chi connectivity index (χ2v) is 6.54. The van der Waals surface area contributed by atoms with E-state index in [-0.39, 0.29) is 6.54 Å². The van der Waals surface area contributed by atoms with Gasteiger partial charge in [0.05, 0.1) is 23.0 Å². The maximum absolute atomic E-state index is 12.4. The molecule has 0 spiro atoms. The lowest BCUT2D eigenvalue weighted by molar-refractivity contribution is -0.396. The Bertz CT molecular complexity index is 928. The lowest BCUT2D eigenvalue weighted by Crippen LogP contribution is -2.24. The molecular weight excluding hydrogens is 354 g/mol. The summed E-state index contributed by atoms with van der Waals surface area (Å²) in [6, 6.07) is 8.99. The van der Waals surface area contributed by atoms with Crippen molar-refractivity contribution >= 4 is 21.4 Å². The van der Waals surface area contributed by atoms with Gasteiger partial charge >= 0.3 is 0 Å². The summed E-state index contributed by atoms with van der Waals surface area (Å²) in [5.41, 5.74) is -0.921. The van der Waals surface area contributed by atoms with Crippen molar-refractivity contribution in [2.24, 2.45) is 0 Å². The zero-order valence-electron chi connectivity index (χ0n) is 12.9. The molecule has 11 heteroatoms. The molecule has 0 fully saturated rings. The van der Waals surface area contributed by atoms with E-state index in [0.717, 1.165) is 12.1 Å². The van der Waals surface area contributed by atoms with Crippen LogP contribution < -0.4 is 9.46 Å². The van der Waals surface area contributed by atoms with Gasteiger partial charge in [-0.1, -0.05) is 18.2 Å². The molecular formula is C14H13N3O7S. The smallest absolute Gasteiger partial charge is 0.296 e. The van der Waals surface area contributed by atoms with Gasteiger partial charge in [0, 0.05) is 18.2 Å². The van der Waals surface area contributed by atoms with Crippen LogP contribution in [0.25, 0.3) is 0 Å². The zero-order chi connectivity index (χ0) is 18.6. The number of nitro benzene ring substituents is 2. The largest absolute Gasteiger partial charge is 0.496 e. The maximum atomic E-state index is 12.4. The minimum absolute atomic E-state index is 0.166. The summed E-state index contributed by atoms with van der Waals surface area (Å²) in [7, 11) is -2.85. The van der Waals surface area contributed by atoms with Crippen LogP contribution in [0.5, 0.6) is 5.75 Å². The average molecular weight is 367 g/mol. The molecule has 0 aromatic heterocycles. The van der Waals surface area contributed by atoms with Gasteiger partial charge in [0.2, 0.25) is 10.0 Å². The van der Waals surface area contributed by atoms with Crippen molar-refractivity contribution in [1.29, 1.82) is 0 Å². The van der Waals surface area contributed by atoms with E-state index in [1.54, 1.807) is 24.3 Å². The summed E-state index contributed by atoms with van der Waals surface area (Å²) >= 11 is 0. The van der Waals surface area contributed by atoms with Crippen molar-refractivity contribution in [1.82, 2.24) is 4.72 Å². The molecule has 2 rings (SSSR count). The fourth-order valence-electron chi connectivity index (χ4n) is 2.09. The molecule has 0 aliphatic rings. The lowest BCUT2D eigenvalue weighted by Gasteiger charge is -2.10. The Balaban J connectivity index is 2.36. The van der Waals surface area contributed by atoms with E-state index in [4.69, 9.17) is 4.74 Å². The number of ether oxygens (including phenoxy) is 1. The summed E-state index contributed by atoms with van der Waals surface area (Å²) in [6.07, 6.45) is 0. The molecule has 0 bridgehead atoms. The first-order valence-corrected chi connectivity index (χ1v) is 8.29. The van der Waals surface area contributed by atoms with Crippen molar-refractivity contribution < 1.29 is 23.0 Å². The Morgan fingerprint density at radius 1 is 1.08 bits per heavy atom. The first-order valence-electron chi connectivity index (χ1n) is 6.80. The molecule has 25 heavy (non-hydrogen) atoms. The van der Waals surface area contributed by atoms with Crippen LogP contribution in [0.1, 0.15) is 5.56 Å². The summed E-state index contributed by atoms with van der Waals surface area (Å²) < 4.78 is 32.1. The van der Waals surface area contributed by atoms with Gasteiger partial charge in [0.25, 0.3) is 11.4 Å². The summed E-state index contributed by atoms with van der Waals surface area (Å²) in [5.74, 6) is 0.448. The van der Waals surface area contributed by atoms with Gasteiger partial charge in [0.1, 0.15) is 5.75 Å². The van der Waals surface area contributed by atoms with E-state index in [2.05, 4.69) is 4.72 Å². The van der Waals surface area contributed by atoms with Crippen LogP contribution in [-0.4, -0.2) is 25.4 Å². The molecule has 0 radical (unpaired) electrons. The van der Waals surface area contributed by atoms with E-state index < -0.39 is 36.1 Å². The molecule has 0 unspecified atom stereocenters. The van der Waals surface area contributed by atoms with Crippen LogP contribution in [-0.2, 0) is 16.6 Å². The number of hydrogen-bond donors (Lipinski definition) is 1. The van der Waals surface area contributed by atoms with Crippen LogP contribution in [0.15, 0.2) is 47.4 Å². The predicted octanol–water partition coefficient (Wildman–Crippen LogP) is 1.99. The third-order valence-electron chi connectivity index (χ3n) is 3.28. The first-order chi connectivity index (χ1) is 11.8. The number of nitrogens with zero attached hydrogens (tertiary/aromatic N) is 2. The van der Waals surface area contributed by atoms with E-state index in [9.17, 15) is 28.6 Å². The quantitative estimate of drug-likeness (QED) is 0.582. The number of non-ortho nitro benzene ring substituents is 1. The van der Waals surface area contributed by atoms with Crippen LogP contribution >= 0.6 is 0 Å². The minimum atomic E-state index is -4.27. The number of nitrogens with one attached hydrogen (secondary N) is 1. The van der Waals surface area contributed by atoms with Gasteiger partial charge in [-0.05, 0) is 12.1 Å². The van der Waals surface area contributed by atoms with Gasteiger partial charge in [-0.2, -0.15) is 0 Å². The van der Waals surface area contributed by atoms with E-state index in [1.807, 2.05) is 0 Å². The Labute approximate surface area is 142 Å². The number of sulfonamides is 1. The van der Waals surface area contributed by atoms with Crippen molar-refractivity contribution in [3.63, 3.8) is 0 Å². The van der Waals surface area contributed by atoms with E-state index in [0.29, 0.717) is 17.4 Å². The van der Waals surface area contributed by atoms with Gasteiger partial charge in [-0.15, -0.1) is 0 Å². The highest BCUT2D eigenvalue weighted by atomic mass is 32.2. The number of para-hydroxylation sites is 1. The first kappa shape index (κ1) is 18.3. The Morgan fingerprint density at radius 2 is 1.76 bits per heavy atom. The lowest BCUT2D eigenvalue weighted by atomic mass is 10.2. The molecule has 1 N–H and O–H groups in total. The number of nitro groups is 2. The Kier molecular flexibility index (Phi) is 5.29. The second kappa shape index (κ2) is 7.23. The molecule has 2 aromatic carbocycles. The van der Waals surface area contributed by atoms with Crippen molar-refractivity contribution in [2.75, 3.05) is 7.11 Å². The van der Waals surface area contributed by atoms with Crippen molar-refractivity contribution in [3.05, 3.63) is 68.3 Å². The fraction of sp³-hybridized carbons (Fsp3) is 0.143. The highest BCUT2D eigenvalue weighted by molar-refractivity contribution is 7.89. The third-order valence-corrected chi connectivity index (χ3v) is 4.73. The second-order valence-electron chi connectivity index (χ2n) is 4.80. The normalized spacial score (nSPS) is 11.1. The number of methoxy groups -OCH3 is 1. The number of benzene rings is 2. The number of hydrogen-bond acceptors (Lipinski definition) is 7.